The van der Waals surface area contributed by atoms with E-state index in [2.05, 4.69) is 23.9 Å². The Hall–Kier alpha value is -0.770. The van der Waals surface area contributed by atoms with Crippen LogP contribution in [0.25, 0.3) is 0 Å². The number of hydrogen-bond donors (Lipinski definition) is 1. The van der Waals surface area contributed by atoms with Gasteiger partial charge in [0.15, 0.2) is 5.96 Å². The molecular formula is C14H28N4. The van der Waals surface area contributed by atoms with Gasteiger partial charge in [-0.2, -0.15) is 0 Å². The van der Waals surface area contributed by atoms with Crippen molar-refractivity contribution in [1.82, 2.24) is 9.80 Å². The number of hydrogen-bond acceptors (Lipinski definition) is 2. The molecule has 1 saturated carbocycles. The zero-order valence-electron chi connectivity index (χ0n) is 11.9. The summed E-state index contributed by atoms with van der Waals surface area (Å²) in [7, 11) is 4.30. The number of nitrogens with zero attached hydrogens (tertiary/aromatic N) is 3. The molecule has 18 heavy (non-hydrogen) atoms. The molecule has 0 unspecified atom stereocenters. The van der Waals surface area contributed by atoms with Gasteiger partial charge in [-0.05, 0) is 45.8 Å². The summed E-state index contributed by atoms with van der Waals surface area (Å²) in [6.07, 6.45) is 8.86. The van der Waals surface area contributed by atoms with E-state index in [0.29, 0.717) is 12.1 Å². The summed E-state index contributed by atoms with van der Waals surface area (Å²) in [6.45, 7) is 2.34. The van der Waals surface area contributed by atoms with Crippen molar-refractivity contribution in [1.29, 1.82) is 0 Å². The minimum absolute atomic E-state index is 0.479. The van der Waals surface area contributed by atoms with E-state index in [4.69, 9.17) is 10.7 Å². The van der Waals surface area contributed by atoms with Crippen molar-refractivity contribution >= 4 is 5.96 Å². The molecule has 1 saturated heterocycles. The van der Waals surface area contributed by atoms with Gasteiger partial charge in [0.05, 0.1) is 6.04 Å². The Morgan fingerprint density at radius 3 is 2.33 bits per heavy atom. The predicted octanol–water partition coefficient (Wildman–Crippen LogP) is 1.66. The van der Waals surface area contributed by atoms with Gasteiger partial charge in [-0.1, -0.05) is 19.3 Å². The van der Waals surface area contributed by atoms with Crippen molar-refractivity contribution in [2.24, 2.45) is 10.7 Å². The van der Waals surface area contributed by atoms with Crippen LogP contribution in [-0.4, -0.2) is 55.0 Å². The smallest absolute Gasteiger partial charge is 0.191 e. The molecule has 1 aliphatic carbocycles. The third-order valence-electron chi connectivity index (χ3n) is 4.49. The summed E-state index contributed by atoms with van der Waals surface area (Å²) in [5, 5.41) is 0. The second-order valence-electron chi connectivity index (χ2n) is 5.92. The lowest BCUT2D eigenvalue weighted by Gasteiger charge is -2.36. The summed E-state index contributed by atoms with van der Waals surface area (Å²) in [5.74, 6) is 0.761. The highest BCUT2D eigenvalue weighted by molar-refractivity contribution is 5.78. The molecule has 1 aliphatic heterocycles. The molecule has 0 radical (unpaired) electrons. The molecule has 0 bridgehead atoms. The lowest BCUT2D eigenvalue weighted by molar-refractivity contribution is 0.190. The van der Waals surface area contributed by atoms with Crippen LogP contribution in [0.1, 0.15) is 44.9 Å². The van der Waals surface area contributed by atoms with Crippen molar-refractivity contribution < 1.29 is 0 Å². The minimum atomic E-state index is 0.479. The van der Waals surface area contributed by atoms with Crippen LogP contribution in [-0.2, 0) is 0 Å². The van der Waals surface area contributed by atoms with E-state index in [0.717, 1.165) is 5.96 Å². The van der Waals surface area contributed by atoms with E-state index in [9.17, 15) is 0 Å². The van der Waals surface area contributed by atoms with Gasteiger partial charge >= 0.3 is 0 Å². The fraction of sp³-hybridized carbons (Fsp3) is 0.929. The second-order valence-corrected chi connectivity index (χ2v) is 5.92. The molecule has 0 amide bonds. The molecule has 0 aromatic carbocycles. The van der Waals surface area contributed by atoms with Gasteiger partial charge in [-0.15, -0.1) is 0 Å². The van der Waals surface area contributed by atoms with Crippen molar-refractivity contribution in [2.75, 3.05) is 27.2 Å². The van der Waals surface area contributed by atoms with Crippen molar-refractivity contribution in [3.8, 4) is 0 Å². The molecule has 2 fully saturated rings. The summed E-state index contributed by atoms with van der Waals surface area (Å²) in [4.78, 5) is 9.33. The first kappa shape index (κ1) is 13.7. The van der Waals surface area contributed by atoms with Gasteiger partial charge in [0, 0.05) is 13.1 Å². The first-order valence-electron chi connectivity index (χ1n) is 7.41. The second kappa shape index (κ2) is 6.41. The molecule has 4 nitrogen and oxygen atoms in total. The molecule has 2 aliphatic rings. The molecule has 0 aromatic heterocycles. The highest BCUT2D eigenvalue weighted by Crippen LogP contribution is 2.21. The van der Waals surface area contributed by atoms with Gasteiger partial charge in [0.2, 0.25) is 0 Å². The average molecular weight is 252 g/mol. The monoisotopic (exact) mass is 252 g/mol. The topological polar surface area (TPSA) is 44.9 Å². The average Bonchev–Trinajstić information content (AvgIpc) is 2.40. The van der Waals surface area contributed by atoms with Crippen molar-refractivity contribution in [3.05, 3.63) is 0 Å². The quantitative estimate of drug-likeness (QED) is 0.600. The van der Waals surface area contributed by atoms with Crippen molar-refractivity contribution in [3.63, 3.8) is 0 Å². The number of aliphatic imine (C=N–C) groups is 1. The molecule has 104 valence electrons. The first-order chi connectivity index (χ1) is 8.66. The van der Waals surface area contributed by atoms with Crippen LogP contribution in [0.5, 0.6) is 0 Å². The van der Waals surface area contributed by atoms with Crippen LogP contribution in [0.15, 0.2) is 4.99 Å². The fourth-order valence-corrected chi connectivity index (χ4v) is 3.06. The molecule has 2 N–H and O–H groups in total. The van der Waals surface area contributed by atoms with E-state index in [1.165, 1.54) is 58.0 Å². The maximum atomic E-state index is 6.18. The summed E-state index contributed by atoms with van der Waals surface area (Å²) >= 11 is 0. The van der Waals surface area contributed by atoms with Crippen LogP contribution < -0.4 is 5.73 Å². The van der Waals surface area contributed by atoms with Crippen molar-refractivity contribution in [2.45, 2.75) is 57.0 Å². The van der Waals surface area contributed by atoms with Crippen LogP contribution in [0.2, 0.25) is 0 Å². The molecule has 1 heterocycles. The Kier molecular flexibility index (Phi) is 4.87. The van der Waals surface area contributed by atoms with E-state index in [1.807, 2.05) is 0 Å². The standard InChI is InChI=1S/C14H28N4/c1-17-10-8-13(9-11-17)18(2)14(15)16-12-6-4-3-5-7-12/h12-13H,3-11H2,1-2H3,(H2,15,16). The van der Waals surface area contributed by atoms with Crippen LogP contribution >= 0.6 is 0 Å². The number of rotatable bonds is 2. The normalized spacial score (nSPS) is 25.3. The molecule has 0 atom stereocenters. The Bertz CT molecular complexity index is 276. The molecule has 0 spiro atoms. The van der Waals surface area contributed by atoms with Crippen LogP contribution in [0.4, 0.5) is 0 Å². The number of nitrogens with two attached hydrogens (primary N) is 1. The molecule has 2 rings (SSSR count). The Labute approximate surface area is 111 Å². The zero-order valence-corrected chi connectivity index (χ0v) is 11.9. The summed E-state index contributed by atoms with van der Waals surface area (Å²) in [6, 6.07) is 1.06. The molecule has 0 aromatic rings. The zero-order chi connectivity index (χ0) is 13.0. The first-order valence-corrected chi connectivity index (χ1v) is 7.41. The maximum Gasteiger partial charge on any atom is 0.191 e. The lowest BCUT2D eigenvalue weighted by Crippen LogP contribution is -2.47. The molecule has 4 heteroatoms. The summed E-state index contributed by atoms with van der Waals surface area (Å²) in [5.41, 5.74) is 6.18. The fourth-order valence-electron chi connectivity index (χ4n) is 3.06. The van der Waals surface area contributed by atoms with E-state index in [-0.39, 0.29) is 0 Å². The highest BCUT2D eigenvalue weighted by atomic mass is 15.3. The van der Waals surface area contributed by atoms with E-state index >= 15 is 0 Å². The van der Waals surface area contributed by atoms with Gasteiger partial charge in [-0.25, -0.2) is 4.99 Å². The third kappa shape index (κ3) is 3.61. The van der Waals surface area contributed by atoms with E-state index < -0.39 is 0 Å². The van der Waals surface area contributed by atoms with Gasteiger partial charge < -0.3 is 15.5 Å². The Balaban J connectivity index is 1.86. The predicted molar refractivity (Wildman–Crippen MR) is 76.8 cm³/mol. The highest BCUT2D eigenvalue weighted by Gasteiger charge is 2.22. The largest absolute Gasteiger partial charge is 0.370 e. The minimum Gasteiger partial charge on any atom is -0.370 e. The number of piperidine rings is 1. The number of guanidine groups is 1. The SMILES string of the molecule is CN1CCC(N(C)C(N)=NC2CCCCC2)CC1. The molecular weight excluding hydrogens is 224 g/mol. The maximum absolute atomic E-state index is 6.18. The lowest BCUT2D eigenvalue weighted by atomic mass is 9.96. The van der Waals surface area contributed by atoms with Gasteiger partial charge in [0.1, 0.15) is 0 Å². The van der Waals surface area contributed by atoms with E-state index in [1.54, 1.807) is 0 Å². The van der Waals surface area contributed by atoms with Gasteiger partial charge in [-0.3, -0.25) is 0 Å². The summed E-state index contributed by atoms with van der Waals surface area (Å²) < 4.78 is 0. The van der Waals surface area contributed by atoms with Crippen LogP contribution in [0.3, 0.4) is 0 Å². The Morgan fingerprint density at radius 2 is 1.72 bits per heavy atom. The Morgan fingerprint density at radius 1 is 1.11 bits per heavy atom. The number of likely N-dealkylation sites (tertiary alicyclic amines) is 1. The third-order valence-corrected chi connectivity index (χ3v) is 4.49. The van der Waals surface area contributed by atoms with Gasteiger partial charge in [0.25, 0.3) is 0 Å². The van der Waals surface area contributed by atoms with Crippen LogP contribution in [0, 0.1) is 0 Å².